The number of carbonyl (C=O) groups excluding carboxylic acids is 1. The van der Waals surface area contributed by atoms with Gasteiger partial charge in [-0.1, -0.05) is 6.92 Å². The number of H-pyrrole nitrogens is 1. The number of anilines is 1. The topological polar surface area (TPSA) is 79.0 Å². The Morgan fingerprint density at radius 1 is 1.75 bits per heavy atom. The average molecular weight is 224 g/mol. The van der Waals surface area contributed by atoms with Crippen molar-refractivity contribution in [3.63, 3.8) is 0 Å². The fraction of sp³-hybridized carbons (Fsp3) is 0.600. The van der Waals surface area contributed by atoms with E-state index in [2.05, 4.69) is 20.8 Å². The highest BCUT2D eigenvalue weighted by Crippen LogP contribution is 2.12. The second-order valence-electron chi connectivity index (χ2n) is 3.68. The second kappa shape index (κ2) is 5.09. The molecule has 0 bridgehead atoms. The summed E-state index contributed by atoms with van der Waals surface area (Å²) in [6.07, 6.45) is 2.13. The molecule has 1 saturated heterocycles. The molecule has 1 aliphatic heterocycles. The first-order valence-corrected chi connectivity index (χ1v) is 5.46. The van der Waals surface area contributed by atoms with Crippen LogP contribution in [0.2, 0.25) is 0 Å². The first-order chi connectivity index (χ1) is 7.81. The molecule has 1 aromatic rings. The van der Waals surface area contributed by atoms with Crippen LogP contribution in [0.25, 0.3) is 0 Å². The van der Waals surface area contributed by atoms with Crippen LogP contribution in [0.5, 0.6) is 0 Å². The minimum atomic E-state index is -0.415. The highest BCUT2D eigenvalue weighted by Gasteiger charge is 2.22. The van der Waals surface area contributed by atoms with Crippen molar-refractivity contribution in [2.24, 2.45) is 0 Å². The molecular weight excluding hydrogens is 208 g/mol. The van der Waals surface area contributed by atoms with Gasteiger partial charge in [-0.25, -0.2) is 0 Å². The maximum atomic E-state index is 11.8. The maximum absolute atomic E-state index is 11.8. The lowest BCUT2D eigenvalue weighted by Crippen LogP contribution is -2.45. The largest absolute Gasteiger partial charge is 0.366 e. The van der Waals surface area contributed by atoms with E-state index in [1.807, 2.05) is 6.92 Å². The number of aryl methyl sites for hydroxylation is 1. The Balaban J connectivity index is 1.95. The van der Waals surface area contributed by atoms with Gasteiger partial charge in [-0.2, -0.15) is 5.10 Å². The number of hydrogen-bond donors (Lipinski definition) is 3. The van der Waals surface area contributed by atoms with E-state index in [0.717, 1.165) is 18.5 Å². The molecule has 1 aromatic heterocycles. The number of rotatable bonds is 3. The van der Waals surface area contributed by atoms with Crippen LogP contribution in [0, 0.1) is 0 Å². The minimum Gasteiger partial charge on any atom is -0.366 e. The predicted molar refractivity (Wildman–Crippen MR) is 59.2 cm³/mol. The van der Waals surface area contributed by atoms with Crippen LogP contribution in [0.4, 0.5) is 5.82 Å². The van der Waals surface area contributed by atoms with Gasteiger partial charge in [0.1, 0.15) is 11.9 Å². The fourth-order valence-corrected chi connectivity index (χ4v) is 1.62. The van der Waals surface area contributed by atoms with Gasteiger partial charge >= 0.3 is 0 Å². The Morgan fingerprint density at radius 2 is 2.62 bits per heavy atom. The molecule has 0 spiro atoms. The van der Waals surface area contributed by atoms with Crippen LogP contribution in [0.15, 0.2) is 6.20 Å². The normalized spacial score (nSPS) is 20.7. The third kappa shape index (κ3) is 2.40. The van der Waals surface area contributed by atoms with E-state index >= 15 is 0 Å². The lowest BCUT2D eigenvalue weighted by molar-refractivity contribution is -0.128. The van der Waals surface area contributed by atoms with Gasteiger partial charge in [-0.15, -0.1) is 0 Å². The molecule has 0 radical (unpaired) electrons. The van der Waals surface area contributed by atoms with Gasteiger partial charge in [0, 0.05) is 18.7 Å². The molecule has 1 unspecified atom stereocenters. The molecule has 2 rings (SSSR count). The number of nitrogens with one attached hydrogen (secondary N) is 3. The van der Waals surface area contributed by atoms with E-state index < -0.39 is 6.10 Å². The Morgan fingerprint density at radius 3 is 3.31 bits per heavy atom. The van der Waals surface area contributed by atoms with Gasteiger partial charge in [0.2, 0.25) is 0 Å². The van der Waals surface area contributed by atoms with Gasteiger partial charge in [0.15, 0.2) is 0 Å². The van der Waals surface area contributed by atoms with E-state index in [0.29, 0.717) is 19.0 Å². The van der Waals surface area contributed by atoms with Crippen molar-refractivity contribution in [2.75, 3.05) is 25.0 Å². The molecule has 0 aliphatic carbocycles. The minimum absolute atomic E-state index is 0.133. The maximum Gasteiger partial charge on any atom is 0.255 e. The summed E-state index contributed by atoms with van der Waals surface area (Å²) in [6.45, 7) is 3.94. The summed E-state index contributed by atoms with van der Waals surface area (Å²) in [4.78, 5) is 11.8. The van der Waals surface area contributed by atoms with E-state index in [4.69, 9.17) is 4.74 Å². The number of amides is 1. The zero-order chi connectivity index (χ0) is 11.4. The van der Waals surface area contributed by atoms with Crippen molar-refractivity contribution in [1.82, 2.24) is 15.5 Å². The SMILES string of the molecule is CCc1cn[nH]c1NC(=O)C1CNCCO1. The molecule has 1 fully saturated rings. The van der Waals surface area contributed by atoms with Crippen molar-refractivity contribution in [1.29, 1.82) is 0 Å². The Labute approximate surface area is 93.8 Å². The molecule has 6 nitrogen and oxygen atoms in total. The van der Waals surface area contributed by atoms with Crippen molar-refractivity contribution in [3.05, 3.63) is 11.8 Å². The van der Waals surface area contributed by atoms with Crippen LogP contribution in [0.3, 0.4) is 0 Å². The predicted octanol–water partition coefficient (Wildman–Crippen LogP) is -0.101. The summed E-state index contributed by atoms with van der Waals surface area (Å²) in [6, 6.07) is 0. The van der Waals surface area contributed by atoms with Gasteiger partial charge in [0.25, 0.3) is 5.91 Å². The molecule has 6 heteroatoms. The third-order valence-electron chi connectivity index (χ3n) is 2.57. The lowest BCUT2D eigenvalue weighted by Gasteiger charge is -2.22. The zero-order valence-electron chi connectivity index (χ0n) is 9.25. The number of hydrogen-bond acceptors (Lipinski definition) is 4. The third-order valence-corrected chi connectivity index (χ3v) is 2.57. The molecule has 1 amide bonds. The number of ether oxygens (including phenoxy) is 1. The number of nitrogens with zero attached hydrogens (tertiary/aromatic N) is 1. The van der Waals surface area contributed by atoms with E-state index in [1.54, 1.807) is 6.20 Å². The Bertz CT molecular complexity index is 357. The summed E-state index contributed by atoms with van der Waals surface area (Å²) in [5, 5.41) is 12.6. The van der Waals surface area contributed by atoms with Crippen LogP contribution < -0.4 is 10.6 Å². The molecule has 88 valence electrons. The molecule has 1 aliphatic rings. The van der Waals surface area contributed by atoms with Crippen molar-refractivity contribution >= 4 is 11.7 Å². The number of morpholine rings is 1. The number of aromatic amines is 1. The van der Waals surface area contributed by atoms with Crippen LogP contribution >= 0.6 is 0 Å². The molecule has 16 heavy (non-hydrogen) atoms. The highest BCUT2D eigenvalue weighted by atomic mass is 16.5. The Hall–Kier alpha value is -1.40. The van der Waals surface area contributed by atoms with Crippen LogP contribution in [-0.2, 0) is 16.0 Å². The first kappa shape index (κ1) is 11.1. The van der Waals surface area contributed by atoms with Gasteiger partial charge in [-0.3, -0.25) is 9.89 Å². The highest BCUT2D eigenvalue weighted by molar-refractivity contribution is 5.94. The summed E-state index contributed by atoms with van der Waals surface area (Å²) in [5.41, 5.74) is 0.997. The molecule has 3 N–H and O–H groups in total. The number of aromatic nitrogens is 2. The molecule has 0 saturated carbocycles. The standard InChI is InChI=1S/C10H16N4O2/c1-2-7-5-12-14-9(7)13-10(15)8-6-11-3-4-16-8/h5,8,11H,2-4,6H2,1H3,(H2,12,13,14,15). The molecule has 2 heterocycles. The fourth-order valence-electron chi connectivity index (χ4n) is 1.62. The second-order valence-corrected chi connectivity index (χ2v) is 3.68. The summed E-state index contributed by atoms with van der Waals surface area (Å²) >= 11 is 0. The van der Waals surface area contributed by atoms with E-state index in [-0.39, 0.29) is 5.91 Å². The van der Waals surface area contributed by atoms with Crippen molar-refractivity contribution < 1.29 is 9.53 Å². The quantitative estimate of drug-likeness (QED) is 0.670. The molecule has 0 aromatic carbocycles. The lowest BCUT2D eigenvalue weighted by atomic mass is 10.2. The van der Waals surface area contributed by atoms with Gasteiger partial charge in [-0.05, 0) is 6.42 Å². The Kier molecular flexibility index (Phi) is 3.53. The summed E-state index contributed by atoms with van der Waals surface area (Å²) < 4.78 is 5.35. The summed E-state index contributed by atoms with van der Waals surface area (Å²) in [7, 11) is 0. The monoisotopic (exact) mass is 224 g/mol. The van der Waals surface area contributed by atoms with Crippen LogP contribution in [-0.4, -0.2) is 41.9 Å². The molecular formula is C10H16N4O2. The van der Waals surface area contributed by atoms with Crippen molar-refractivity contribution in [3.8, 4) is 0 Å². The van der Waals surface area contributed by atoms with Crippen LogP contribution in [0.1, 0.15) is 12.5 Å². The smallest absolute Gasteiger partial charge is 0.255 e. The van der Waals surface area contributed by atoms with Gasteiger partial charge in [0.05, 0.1) is 12.8 Å². The van der Waals surface area contributed by atoms with E-state index in [1.165, 1.54) is 0 Å². The molecule has 1 atom stereocenters. The number of carbonyl (C=O) groups is 1. The van der Waals surface area contributed by atoms with E-state index in [9.17, 15) is 4.79 Å². The van der Waals surface area contributed by atoms with Gasteiger partial charge < -0.3 is 15.4 Å². The van der Waals surface area contributed by atoms with Crippen molar-refractivity contribution in [2.45, 2.75) is 19.4 Å². The zero-order valence-corrected chi connectivity index (χ0v) is 9.25. The summed E-state index contributed by atoms with van der Waals surface area (Å²) in [5.74, 6) is 0.535. The average Bonchev–Trinajstić information content (AvgIpc) is 2.77. The first-order valence-electron chi connectivity index (χ1n) is 5.46.